The number of aryl methyl sites for hydroxylation is 1. The number of rotatable bonds is 2. The lowest BCUT2D eigenvalue weighted by Gasteiger charge is -2.20. The molecule has 0 saturated carbocycles. The zero-order valence-electron chi connectivity index (χ0n) is 10.5. The first-order chi connectivity index (χ1) is 7.97. The summed E-state index contributed by atoms with van der Waals surface area (Å²) in [4.78, 5) is 0. The summed E-state index contributed by atoms with van der Waals surface area (Å²) in [5.74, 6) is 0. The Labute approximate surface area is 105 Å². The first kappa shape index (κ1) is 12.0. The third kappa shape index (κ3) is 2.79. The number of nitrogens with one attached hydrogen (secondary N) is 1. The molecule has 4 nitrogen and oxygen atoms in total. The number of aromatic nitrogens is 3. The highest BCUT2D eigenvalue weighted by Crippen LogP contribution is 2.27. The summed E-state index contributed by atoms with van der Waals surface area (Å²) >= 11 is 1.25. The highest BCUT2D eigenvalue weighted by atomic mass is 32.1. The fourth-order valence-corrected chi connectivity index (χ4v) is 1.95. The van der Waals surface area contributed by atoms with Crippen LogP contribution in [0.1, 0.15) is 31.9 Å². The molecule has 0 aliphatic heterocycles. The van der Waals surface area contributed by atoms with Crippen molar-refractivity contribution in [3.05, 3.63) is 29.3 Å². The van der Waals surface area contributed by atoms with Crippen LogP contribution in [-0.4, -0.2) is 14.8 Å². The number of anilines is 2. The van der Waals surface area contributed by atoms with Gasteiger partial charge in [-0.3, -0.25) is 0 Å². The van der Waals surface area contributed by atoms with Gasteiger partial charge in [0.05, 0.1) is 0 Å². The molecule has 2 rings (SSSR count). The van der Waals surface area contributed by atoms with Crippen molar-refractivity contribution in [2.45, 2.75) is 33.1 Å². The molecular weight excluding hydrogens is 232 g/mol. The van der Waals surface area contributed by atoms with Gasteiger partial charge in [-0.2, -0.15) is 0 Å². The first-order valence-electron chi connectivity index (χ1n) is 5.50. The van der Waals surface area contributed by atoms with Crippen molar-refractivity contribution < 1.29 is 0 Å². The molecule has 1 heterocycles. The van der Waals surface area contributed by atoms with Gasteiger partial charge in [0.1, 0.15) is 0 Å². The molecule has 90 valence electrons. The van der Waals surface area contributed by atoms with Gasteiger partial charge < -0.3 is 5.32 Å². The van der Waals surface area contributed by atoms with E-state index in [0.717, 1.165) is 10.8 Å². The van der Waals surface area contributed by atoms with Gasteiger partial charge in [-0.15, -0.1) is 0 Å². The minimum atomic E-state index is 0.174. The third-order valence-electron chi connectivity index (χ3n) is 2.63. The normalized spacial score (nSPS) is 11.5. The second-order valence-corrected chi connectivity index (χ2v) is 5.80. The maximum atomic E-state index is 3.87. The average Bonchev–Trinajstić information content (AvgIpc) is 2.72. The summed E-state index contributed by atoms with van der Waals surface area (Å²) in [5, 5.41) is 11.4. The summed E-state index contributed by atoms with van der Waals surface area (Å²) in [5.41, 5.74) is 3.76. The topological polar surface area (TPSA) is 50.7 Å². The van der Waals surface area contributed by atoms with Crippen LogP contribution in [0.4, 0.5) is 10.8 Å². The molecule has 0 bridgehead atoms. The minimum Gasteiger partial charge on any atom is -0.329 e. The highest BCUT2D eigenvalue weighted by Gasteiger charge is 2.14. The lowest BCUT2D eigenvalue weighted by molar-refractivity contribution is 0.590. The molecule has 17 heavy (non-hydrogen) atoms. The summed E-state index contributed by atoms with van der Waals surface area (Å²) in [7, 11) is 0. The molecule has 0 atom stereocenters. The van der Waals surface area contributed by atoms with Gasteiger partial charge in [0.25, 0.3) is 0 Å². The van der Waals surface area contributed by atoms with Crippen LogP contribution in [0.25, 0.3) is 0 Å². The molecule has 0 aliphatic rings. The Bertz CT molecular complexity index is 500. The van der Waals surface area contributed by atoms with Gasteiger partial charge in [0.2, 0.25) is 5.13 Å². The molecule has 2 aromatic rings. The van der Waals surface area contributed by atoms with Crippen LogP contribution in [0.3, 0.4) is 0 Å². The van der Waals surface area contributed by atoms with Crippen LogP contribution in [0, 0.1) is 6.92 Å². The van der Waals surface area contributed by atoms with E-state index in [1.54, 1.807) is 0 Å². The Balaban J connectivity index is 2.26. The Kier molecular flexibility index (Phi) is 3.11. The molecule has 5 heteroatoms. The van der Waals surface area contributed by atoms with Gasteiger partial charge in [-0.25, -0.2) is 0 Å². The van der Waals surface area contributed by atoms with Crippen LogP contribution in [0.2, 0.25) is 0 Å². The van der Waals surface area contributed by atoms with Gasteiger partial charge >= 0.3 is 0 Å². The standard InChI is InChI=1S/C12H16N4S/c1-8-7-9(12(2,3)4)5-6-10(8)13-11-14-15-16-17-11/h5-7H,1-4H3,(H,13,14,16). The largest absolute Gasteiger partial charge is 0.329 e. The Morgan fingerprint density at radius 2 is 2.00 bits per heavy atom. The third-order valence-corrected chi connectivity index (χ3v) is 3.14. The van der Waals surface area contributed by atoms with E-state index >= 15 is 0 Å². The second kappa shape index (κ2) is 4.41. The summed E-state index contributed by atoms with van der Waals surface area (Å²) in [6.45, 7) is 8.72. The Morgan fingerprint density at radius 3 is 2.53 bits per heavy atom. The van der Waals surface area contributed by atoms with E-state index in [2.05, 4.69) is 66.0 Å². The number of nitrogens with zero attached hydrogens (tertiary/aromatic N) is 3. The number of benzene rings is 1. The summed E-state index contributed by atoms with van der Waals surface area (Å²) < 4.78 is 3.72. The van der Waals surface area contributed by atoms with Crippen LogP contribution < -0.4 is 5.32 Å². The van der Waals surface area contributed by atoms with Crippen LogP contribution in [0.5, 0.6) is 0 Å². The van der Waals surface area contributed by atoms with Gasteiger partial charge in [0, 0.05) is 17.2 Å². The molecule has 0 aliphatic carbocycles. The molecule has 0 amide bonds. The Morgan fingerprint density at radius 1 is 1.24 bits per heavy atom. The van der Waals surface area contributed by atoms with E-state index in [9.17, 15) is 0 Å². The highest BCUT2D eigenvalue weighted by molar-refractivity contribution is 7.09. The smallest absolute Gasteiger partial charge is 0.229 e. The first-order valence-corrected chi connectivity index (χ1v) is 6.27. The van der Waals surface area contributed by atoms with Crippen molar-refractivity contribution in [2.24, 2.45) is 0 Å². The number of hydrogen-bond donors (Lipinski definition) is 1. The van der Waals surface area contributed by atoms with Gasteiger partial charge in [-0.1, -0.05) is 42.5 Å². The quantitative estimate of drug-likeness (QED) is 0.886. The van der Waals surface area contributed by atoms with E-state index in [4.69, 9.17) is 0 Å². The summed E-state index contributed by atoms with van der Waals surface area (Å²) in [6, 6.07) is 6.43. The van der Waals surface area contributed by atoms with Crippen molar-refractivity contribution >= 4 is 22.4 Å². The molecule has 1 aromatic carbocycles. The molecule has 0 saturated heterocycles. The molecule has 1 aromatic heterocycles. The SMILES string of the molecule is Cc1cc(C(C)(C)C)ccc1Nc1nnns1. The molecule has 0 radical (unpaired) electrons. The van der Waals surface area contributed by atoms with Crippen molar-refractivity contribution in [1.82, 2.24) is 14.8 Å². The molecule has 0 spiro atoms. The van der Waals surface area contributed by atoms with E-state index in [1.165, 1.54) is 22.7 Å². The maximum Gasteiger partial charge on any atom is 0.229 e. The van der Waals surface area contributed by atoms with Crippen LogP contribution in [-0.2, 0) is 5.41 Å². The average molecular weight is 248 g/mol. The van der Waals surface area contributed by atoms with E-state index < -0.39 is 0 Å². The van der Waals surface area contributed by atoms with Crippen LogP contribution >= 0.6 is 11.5 Å². The summed E-state index contributed by atoms with van der Waals surface area (Å²) in [6.07, 6.45) is 0. The van der Waals surface area contributed by atoms with Crippen molar-refractivity contribution in [3.8, 4) is 0 Å². The number of hydrogen-bond acceptors (Lipinski definition) is 5. The maximum absolute atomic E-state index is 3.87. The second-order valence-electron chi connectivity index (χ2n) is 5.07. The molecular formula is C12H16N4S. The lowest BCUT2D eigenvalue weighted by Crippen LogP contribution is -2.11. The van der Waals surface area contributed by atoms with Crippen molar-refractivity contribution in [2.75, 3.05) is 5.32 Å². The minimum absolute atomic E-state index is 0.174. The molecule has 1 N–H and O–H groups in total. The van der Waals surface area contributed by atoms with Crippen molar-refractivity contribution in [1.29, 1.82) is 0 Å². The molecule has 0 fully saturated rings. The fourth-order valence-electron chi connectivity index (χ4n) is 1.57. The molecule has 0 unspecified atom stereocenters. The predicted molar refractivity (Wildman–Crippen MR) is 70.9 cm³/mol. The van der Waals surface area contributed by atoms with Crippen LogP contribution in [0.15, 0.2) is 18.2 Å². The van der Waals surface area contributed by atoms with Crippen molar-refractivity contribution in [3.63, 3.8) is 0 Å². The zero-order valence-corrected chi connectivity index (χ0v) is 11.3. The fraction of sp³-hybridized carbons (Fsp3) is 0.417. The monoisotopic (exact) mass is 248 g/mol. The van der Waals surface area contributed by atoms with Gasteiger partial charge in [0.15, 0.2) is 0 Å². The van der Waals surface area contributed by atoms with Gasteiger partial charge in [-0.05, 0) is 34.7 Å². The zero-order chi connectivity index (χ0) is 12.5. The lowest BCUT2D eigenvalue weighted by atomic mass is 9.86. The predicted octanol–water partition coefficient (Wildman–Crippen LogP) is 3.28. The van der Waals surface area contributed by atoms with E-state index in [1.807, 2.05) is 0 Å². The van der Waals surface area contributed by atoms with E-state index in [-0.39, 0.29) is 5.41 Å². The Hall–Kier alpha value is -1.49. The van der Waals surface area contributed by atoms with E-state index in [0.29, 0.717) is 0 Å².